The number of carboxylic acids is 1. The van der Waals surface area contributed by atoms with Gasteiger partial charge in [0.2, 0.25) is 0 Å². The molecule has 6 nitrogen and oxygen atoms in total. The molecule has 0 radical (unpaired) electrons. The summed E-state index contributed by atoms with van der Waals surface area (Å²) in [5, 5.41) is 13.0. The predicted molar refractivity (Wildman–Crippen MR) is 156 cm³/mol. The van der Waals surface area contributed by atoms with Crippen LogP contribution >= 0.6 is 11.6 Å². The van der Waals surface area contributed by atoms with Gasteiger partial charge in [0.15, 0.2) is 0 Å². The number of amides is 1. The first-order chi connectivity index (χ1) is 18.9. The highest BCUT2D eigenvalue weighted by Gasteiger charge is 2.24. The standard InChI is InChI=1S/C32H31ClN2O4/c1-3-35(4-2)29-19-18-24(33)21-27(29)31(36)34-28(32(37)38)20-22-14-16-23(17-15-22)26-12-8-9-13-30(26)39-25-10-6-5-7-11-25/h5-19,21,28H,3-4,20H2,1-2H3,(H,34,36)(H,37,38)/t28-/m0/s1. The van der Waals surface area contributed by atoms with E-state index in [4.69, 9.17) is 16.3 Å². The third-order valence-electron chi connectivity index (χ3n) is 6.47. The molecule has 0 aliphatic heterocycles. The van der Waals surface area contributed by atoms with Gasteiger partial charge in [-0.25, -0.2) is 4.79 Å². The first-order valence-corrected chi connectivity index (χ1v) is 13.3. The van der Waals surface area contributed by atoms with Crippen molar-refractivity contribution in [3.05, 3.63) is 113 Å². The van der Waals surface area contributed by atoms with Gasteiger partial charge in [-0.1, -0.05) is 72.3 Å². The molecule has 0 spiro atoms. The van der Waals surface area contributed by atoms with Crippen molar-refractivity contribution < 1.29 is 19.4 Å². The minimum Gasteiger partial charge on any atom is -0.480 e. The van der Waals surface area contributed by atoms with Crippen molar-refractivity contribution in [2.75, 3.05) is 18.0 Å². The average Bonchev–Trinajstić information content (AvgIpc) is 2.95. The third kappa shape index (κ3) is 6.98. The Morgan fingerprint density at radius 1 is 0.897 bits per heavy atom. The second-order valence-corrected chi connectivity index (χ2v) is 9.45. The molecule has 200 valence electrons. The number of ether oxygens (including phenoxy) is 1. The topological polar surface area (TPSA) is 78.9 Å². The van der Waals surface area contributed by atoms with E-state index in [2.05, 4.69) is 5.32 Å². The van der Waals surface area contributed by atoms with E-state index in [1.165, 1.54) is 0 Å². The van der Waals surface area contributed by atoms with E-state index in [0.29, 0.717) is 29.4 Å². The molecule has 4 rings (SSSR count). The number of aliphatic carboxylic acids is 1. The lowest BCUT2D eigenvalue weighted by atomic mass is 9.99. The number of anilines is 1. The first kappa shape index (κ1) is 27.7. The highest BCUT2D eigenvalue weighted by atomic mass is 35.5. The zero-order chi connectivity index (χ0) is 27.8. The summed E-state index contributed by atoms with van der Waals surface area (Å²) in [5.74, 6) is -0.126. The molecule has 39 heavy (non-hydrogen) atoms. The lowest BCUT2D eigenvalue weighted by Gasteiger charge is -2.24. The third-order valence-corrected chi connectivity index (χ3v) is 6.71. The van der Waals surface area contributed by atoms with Crippen LogP contribution in [0.5, 0.6) is 11.5 Å². The summed E-state index contributed by atoms with van der Waals surface area (Å²) in [4.78, 5) is 27.3. The maximum absolute atomic E-state index is 13.2. The molecule has 4 aromatic rings. The average molecular weight is 543 g/mol. The normalized spacial score (nSPS) is 11.5. The smallest absolute Gasteiger partial charge is 0.326 e. The van der Waals surface area contributed by atoms with Gasteiger partial charge in [-0.3, -0.25) is 4.79 Å². The Labute approximate surface area is 233 Å². The molecule has 7 heteroatoms. The second kappa shape index (κ2) is 13.0. The SMILES string of the molecule is CCN(CC)c1ccc(Cl)cc1C(=O)N[C@@H](Cc1ccc(-c2ccccc2Oc2ccccc2)cc1)C(=O)O. The van der Waals surface area contributed by atoms with Gasteiger partial charge in [0, 0.05) is 35.8 Å². The van der Waals surface area contributed by atoms with E-state index in [1.54, 1.807) is 18.2 Å². The van der Waals surface area contributed by atoms with Gasteiger partial charge < -0.3 is 20.1 Å². The number of carbonyl (C=O) groups excluding carboxylic acids is 1. The molecule has 0 aromatic heterocycles. The number of halogens is 1. The van der Waals surface area contributed by atoms with Gasteiger partial charge in [0.1, 0.15) is 17.5 Å². The van der Waals surface area contributed by atoms with E-state index in [0.717, 1.165) is 28.2 Å². The van der Waals surface area contributed by atoms with Crippen molar-refractivity contribution in [2.45, 2.75) is 26.3 Å². The molecule has 1 amide bonds. The Morgan fingerprint density at radius 3 is 2.23 bits per heavy atom. The highest BCUT2D eigenvalue weighted by molar-refractivity contribution is 6.31. The lowest BCUT2D eigenvalue weighted by Crippen LogP contribution is -2.42. The fourth-order valence-corrected chi connectivity index (χ4v) is 4.60. The molecule has 1 atom stereocenters. The Balaban J connectivity index is 1.51. The number of hydrogen-bond acceptors (Lipinski definition) is 4. The zero-order valence-electron chi connectivity index (χ0n) is 21.9. The minimum absolute atomic E-state index is 0.130. The van der Waals surface area contributed by atoms with E-state index in [-0.39, 0.29) is 6.42 Å². The summed E-state index contributed by atoms with van der Waals surface area (Å²) >= 11 is 6.18. The van der Waals surface area contributed by atoms with Crippen LogP contribution in [0, 0.1) is 0 Å². The van der Waals surface area contributed by atoms with Gasteiger partial charge in [-0.2, -0.15) is 0 Å². The Bertz CT molecular complexity index is 1420. The molecular formula is C32H31ClN2O4. The molecule has 0 fully saturated rings. The van der Waals surface area contributed by atoms with Gasteiger partial charge >= 0.3 is 5.97 Å². The summed E-state index contributed by atoms with van der Waals surface area (Å²) in [6.45, 7) is 5.39. The number of para-hydroxylation sites is 2. The molecule has 0 saturated heterocycles. The summed E-state index contributed by atoms with van der Waals surface area (Å²) < 4.78 is 6.09. The molecule has 0 saturated carbocycles. The van der Waals surface area contributed by atoms with Crippen LogP contribution in [0.1, 0.15) is 29.8 Å². The van der Waals surface area contributed by atoms with Crippen LogP contribution in [-0.4, -0.2) is 36.1 Å². The van der Waals surface area contributed by atoms with Crippen LogP contribution < -0.4 is 15.0 Å². The van der Waals surface area contributed by atoms with Crippen molar-refractivity contribution >= 4 is 29.2 Å². The maximum Gasteiger partial charge on any atom is 0.326 e. The molecular weight excluding hydrogens is 512 g/mol. The monoisotopic (exact) mass is 542 g/mol. The Morgan fingerprint density at radius 2 is 1.56 bits per heavy atom. The zero-order valence-corrected chi connectivity index (χ0v) is 22.7. The van der Waals surface area contributed by atoms with Crippen molar-refractivity contribution in [1.82, 2.24) is 5.32 Å². The fourth-order valence-electron chi connectivity index (χ4n) is 4.43. The molecule has 4 aromatic carbocycles. The van der Waals surface area contributed by atoms with Crippen molar-refractivity contribution in [2.24, 2.45) is 0 Å². The molecule has 0 unspecified atom stereocenters. The molecule has 0 heterocycles. The molecule has 2 N–H and O–H groups in total. The van der Waals surface area contributed by atoms with Gasteiger partial charge in [0.05, 0.1) is 5.56 Å². The van der Waals surface area contributed by atoms with Crippen LogP contribution in [0.4, 0.5) is 5.69 Å². The predicted octanol–water partition coefficient (Wildman–Crippen LogP) is 7.07. The molecule has 0 aliphatic rings. The summed E-state index contributed by atoms with van der Waals surface area (Å²) in [6, 6.07) is 28.9. The van der Waals surface area contributed by atoms with Gasteiger partial charge in [-0.05, 0) is 61.4 Å². The van der Waals surface area contributed by atoms with Gasteiger partial charge in [-0.15, -0.1) is 0 Å². The van der Waals surface area contributed by atoms with Crippen LogP contribution in [0.15, 0.2) is 97.1 Å². The number of carbonyl (C=O) groups is 2. The first-order valence-electron chi connectivity index (χ1n) is 12.9. The molecule has 0 aliphatic carbocycles. The second-order valence-electron chi connectivity index (χ2n) is 9.01. The number of carboxylic acid groups (broad SMARTS) is 1. The van der Waals surface area contributed by atoms with Crippen LogP contribution in [-0.2, 0) is 11.2 Å². The number of hydrogen-bond donors (Lipinski definition) is 2. The Kier molecular flexibility index (Phi) is 9.23. The summed E-state index contributed by atoms with van der Waals surface area (Å²) in [7, 11) is 0. The fraction of sp³-hybridized carbons (Fsp3) is 0.188. The van der Waals surface area contributed by atoms with E-state index >= 15 is 0 Å². The Hall–Kier alpha value is -4.29. The quantitative estimate of drug-likeness (QED) is 0.212. The van der Waals surface area contributed by atoms with E-state index < -0.39 is 17.9 Å². The number of nitrogens with one attached hydrogen (secondary N) is 1. The van der Waals surface area contributed by atoms with Crippen molar-refractivity contribution in [1.29, 1.82) is 0 Å². The van der Waals surface area contributed by atoms with Crippen molar-refractivity contribution in [3.8, 4) is 22.6 Å². The maximum atomic E-state index is 13.2. The van der Waals surface area contributed by atoms with Crippen LogP contribution in [0.25, 0.3) is 11.1 Å². The molecule has 0 bridgehead atoms. The van der Waals surface area contributed by atoms with E-state index in [1.807, 2.05) is 97.6 Å². The summed E-state index contributed by atoms with van der Waals surface area (Å²) in [5.41, 5.74) is 3.70. The lowest BCUT2D eigenvalue weighted by molar-refractivity contribution is -0.139. The summed E-state index contributed by atoms with van der Waals surface area (Å²) in [6.07, 6.45) is 0.130. The highest BCUT2D eigenvalue weighted by Crippen LogP contribution is 2.33. The van der Waals surface area contributed by atoms with E-state index in [9.17, 15) is 14.7 Å². The largest absolute Gasteiger partial charge is 0.480 e. The minimum atomic E-state index is -1.11. The van der Waals surface area contributed by atoms with Crippen molar-refractivity contribution in [3.63, 3.8) is 0 Å². The van der Waals surface area contributed by atoms with Crippen LogP contribution in [0.2, 0.25) is 5.02 Å². The van der Waals surface area contributed by atoms with Gasteiger partial charge in [0.25, 0.3) is 5.91 Å². The number of nitrogens with zero attached hydrogens (tertiary/aromatic N) is 1. The number of benzene rings is 4. The van der Waals surface area contributed by atoms with Crippen LogP contribution in [0.3, 0.4) is 0 Å². The number of rotatable bonds is 11.